The molecule has 2 aromatic heterocycles. The zero-order valence-corrected chi connectivity index (χ0v) is 15.3. The van der Waals surface area contributed by atoms with E-state index in [-0.39, 0.29) is 17.7 Å². The molecule has 1 unspecified atom stereocenters. The molecule has 0 saturated carbocycles. The first-order chi connectivity index (χ1) is 13.5. The summed E-state index contributed by atoms with van der Waals surface area (Å²) in [5.74, 6) is 0.209. The second-order valence-electron chi connectivity index (χ2n) is 6.90. The molecular weight excluding hydrogens is 366 g/mol. The smallest absolute Gasteiger partial charge is 0.248 e. The van der Waals surface area contributed by atoms with Gasteiger partial charge in [-0.25, -0.2) is 18.4 Å². The molecule has 9 heteroatoms. The molecule has 0 amide bonds. The van der Waals surface area contributed by atoms with Crippen LogP contribution >= 0.6 is 0 Å². The van der Waals surface area contributed by atoms with E-state index in [9.17, 15) is 13.9 Å². The summed E-state index contributed by atoms with van der Waals surface area (Å²) in [6.07, 6.45) is 2.73. The van der Waals surface area contributed by atoms with Gasteiger partial charge in [0, 0.05) is 19.2 Å². The molecule has 4 rings (SSSR count). The van der Waals surface area contributed by atoms with Crippen molar-refractivity contribution in [3.8, 4) is 5.69 Å². The van der Waals surface area contributed by atoms with Crippen molar-refractivity contribution >= 4 is 17.6 Å². The number of hydrogen-bond donors (Lipinski definition) is 2. The van der Waals surface area contributed by atoms with Gasteiger partial charge in [0.1, 0.15) is 29.6 Å². The molecule has 1 fully saturated rings. The lowest BCUT2D eigenvalue weighted by Crippen LogP contribution is -2.38. The first-order valence-corrected chi connectivity index (χ1v) is 9.03. The third-order valence-corrected chi connectivity index (χ3v) is 4.52. The standard InChI is InChI=1S/C19H20F2N6O/c1-12-5-17(23-18(6-12)26-4-2-3-16(28)10-26)24-19-22-11-27(25-19)15-8-13(20)7-14(21)9-15/h5-9,11,16,28H,2-4,10H2,1H3,(H,23,24,25). The topological polar surface area (TPSA) is 79.1 Å². The monoisotopic (exact) mass is 386 g/mol. The van der Waals surface area contributed by atoms with Crippen molar-refractivity contribution in [1.29, 1.82) is 0 Å². The van der Waals surface area contributed by atoms with Crippen LogP contribution in [-0.2, 0) is 0 Å². The molecule has 0 spiro atoms. The SMILES string of the molecule is Cc1cc(Nc2ncn(-c3cc(F)cc(F)c3)n2)nc(N2CCCC(O)C2)c1. The van der Waals surface area contributed by atoms with E-state index in [0.717, 1.165) is 36.8 Å². The molecule has 2 N–H and O–H groups in total. The quantitative estimate of drug-likeness (QED) is 0.718. The molecule has 0 aliphatic carbocycles. The lowest BCUT2D eigenvalue weighted by atomic mass is 10.1. The number of aliphatic hydroxyl groups excluding tert-OH is 1. The number of halogens is 2. The highest BCUT2D eigenvalue weighted by atomic mass is 19.1. The number of aromatic nitrogens is 4. The molecule has 1 atom stereocenters. The lowest BCUT2D eigenvalue weighted by molar-refractivity contribution is 0.154. The van der Waals surface area contributed by atoms with Crippen LogP contribution in [0.3, 0.4) is 0 Å². The molecule has 1 saturated heterocycles. The third-order valence-electron chi connectivity index (χ3n) is 4.52. The molecule has 0 radical (unpaired) electrons. The van der Waals surface area contributed by atoms with Gasteiger partial charge in [-0.3, -0.25) is 0 Å². The number of anilines is 3. The number of β-amino-alcohol motifs (C(OH)–C–C–N with tert-alkyl or cyclic N) is 1. The average molecular weight is 386 g/mol. The van der Waals surface area contributed by atoms with Gasteiger partial charge in [-0.1, -0.05) is 0 Å². The highest BCUT2D eigenvalue weighted by molar-refractivity contribution is 5.55. The Morgan fingerprint density at radius 2 is 1.93 bits per heavy atom. The van der Waals surface area contributed by atoms with Gasteiger partial charge in [-0.15, -0.1) is 5.10 Å². The van der Waals surface area contributed by atoms with Gasteiger partial charge >= 0.3 is 0 Å². The number of benzene rings is 1. The summed E-state index contributed by atoms with van der Waals surface area (Å²) in [5.41, 5.74) is 1.23. The van der Waals surface area contributed by atoms with Crippen LogP contribution in [0.25, 0.3) is 5.69 Å². The van der Waals surface area contributed by atoms with Crippen molar-refractivity contribution in [2.24, 2.45) is 0 Å². The van der Waals surface area contributed by atoms with Gasteiger partial charge in [-0.2, -0.15) is 4.98 Å². The maximum atomic E-state index is 13.4. The fourth-order valence-corrected chi connectivity index (χ4v) is 3.27. The van der Waals surface area contributed by atoms with Gasteiger partial charge in [0.2, 0.25) is 5.95 Å². The van der Waals surface area contributed by atoms with Crippen molar-refractivity contribution in [3.05, 3.63) is 53.9 Å². The fourth-order valence-electron chi connectivity index (χ4n) is 3.27. The summed E-state index contributed by atoms with van der Waals surface area (Å²) in [4.78, 5) is 10.8. The predicted molar refractivity (Wildman–Crippen MR) is 101 cm³/mol. The first-order valence-electron chi connectivity index (χ1n) is 9.03. The molecule has 146 valence electrons. The molecule has 0 bridgehead atoms. The van der Waals surface area contributed by atoms with E-state index in [2.05, 4.69) is 20.4 Å². The second-order valence-corrected chi connectivity index (χ2v) is 6.90. The zero-order valence-electron chi connectivity index (χ0n) is 15.3. The normalized spacial score (nSPS) is 17.0. The Hall–Kier alpha value is -3.07. The number of nitrogens with zero attached hydrogens (tertiary/aromatic N) is 5. The van der Waals surface area contributed by atoms with E-state index in [1.54, 1.807) is 0 Å². The van der Waals surface area contributed by atoms with Crippen molar-refractivity contribution in [2.75, 3.05) is 23.3 Å². The van der Waals surface area contributed by atoms with Crippen LogP contribution in [0, 0.1) is 18.6 Å². The number of piperidine rings is 1. The van der Waals surface area contributed by atoms with E-state index >= 15 is 0 Å². The van der Waals surface area contributed by atoms with Crippen LogP contribution < -0.4 is 10.2 Å². The van der Waals surface area contributed by atoms with E-state index in [0.29, 0.717) is 12.4 Å². The minimum Gasteiger partial charge on any atom is -0.391 e. The molecule has 1 aromatic carbocycles. The Morgan fingerprint density at radius 3 is 2.68 bits per heavy atom. The summed E-state index contributed by atoms with van der Waals surface area (Å²) in [5, 5.41) is 17.1. The molecular formula is C19H20F2N6O. The molecule has 1 aliphatic rings. The van der Waals surface area contributed by atoms with Crippen LogP contribution in [0.4, 0.5) is 26.4 Å². The summed E-state index contributed by atoms with van der Waals surface area (Å²) in [7, 11) is 0. The second kappa shape index (κ2) is 7.51. The van der Waals surface area contributed by atoms with Crippen molar-refractivity contribution in [1.82, 2.24) is 19.7 Å². The molecule has 7 nitrogen and oxygen atoms in total. The lowest BCUT2D eigenvalue weighted by Gasteiger charge is -2.31. The van der Waals surface area contributed by atoms with Gasteiger partial charge in [0.05, 0.1) is 11.8 Å². The number of hydrogen-bond acceptors (Lipinski definition) is 6. The van der Waals surface area contributed by atoms with E-state index < -0.39 is 11.6 Å². The summed E-state index contributed by atoms with van der Waals surface area (Å²) in [6.45, 7) is 3.34. The van der Waals surface area contributed by atoms with Crippen LogP contribution in [0.1, 0.15) is 18.4 Å². The Bertz CT molecular complexity index is 972. The number of rotatable bonds is 4. The first kappa shape index (κ1) is 18.3. The summed E-state index contributed by atoms with van der Waals surface area (Å²) in [6, 6.07) is 6.96. The molecule has 3 heterocycles. The fraction of sp³-hybridized carbons (Fsp3) is 0.316. The van der Waals surface area contributed by atoms with Crippen molar-refractivity contribution < 1.29 is 13.9 Å². The van der Waals surface area contributed by atoms with E-state index in [1.807, 2.05) is 24.0 Å². The van der Waals surface area contributed by atoms with E-state index in [4.69, 9.17) is 0 Å². The number of aliphatic hydroxyl groups is 1. The van der Waals surface area contributed by atoms with Gasteiger partial charge in [-0.05, 0) is 49.6 Å². The largest absolute Gasteiger partial charge is 0.391 e. The highest BCUT2D eigenvalue weighted by Gasteiger charge is 2.19. The van der Waals surface area contributed by atoms with Gasteiger partial charge < -0.3 is 15.3 Å². The summed E-state index contributed by atoms with van der Waals surface area (Å²) >= 11 is 0. The zero-order chi connectivity index (χ0) is 19.7. The Morgan fingerprint density at radius 1 is 1.14 bits per heavy atom. The highest BCUT2D eigenvalue weighted by Crippen LogP contribution is 2.23. The van der Waals surface area contributed by atoms with E-state index in [1.165, 1.54) is 23.1 Å². The van der Waals surface area contributed by atoms with Crippen LogP contribution in [-0.4, -0.2) is 44.0 Å². The molecule has 3 aromatic rings. The average Bonchev–Trinajstić information content (AvgIpc) is 3.09. The van der Waals surface area contributed by atoms with Gasteiger partial charge in [0.25, 0.3) is 0 Å². The Kier molecular flexibility index (Phi) is 4.91. The predicted octanol–water partition coefficient (Wildman–Crippen LogP) is 2.95. The van der Waals surface area contributed by atoms with Gasteiger partial charge in [0.15, 0.2) is 0 Å². The Balaban J connectivity index is 1.55. The number of pyridine rings is 1. The molecule has 1 aliphatic heterocycles. The number of aryl methyl sites for hydroxylation is 1. The minimum atomic E-state index is -0.686. The maximum absolute atomic E-state index is 13.4. The van der Waals surface area contributed by atoms with Crippen molar-refractivity contribution in [2.45, 2.75) is 25.9 Å². The van der Waals surface area contributed by atoms with Crippen LogP contribution in [0.15, 0.2) is 36.7 Å². The minimum absolute atomic E-state index is 0.234. The van der Waals surface area contributed by atoms with Crippen LogP contribution in [0.2, 0.25) is 0 Å². The van der Waals surface area contributed by atoms with Crippen LogP contribution in [0.5, 0.6) is 0 Å². The molecule has 28 heavy (non-hydrogen) atoms. The maximum Gasteiger partial charge on any atom is 0.248 e. The summed E-state index contributed by atoms with van der Waals surface area (Å²) < 4.78 is 28.1. The third kappa shape index (κ3) is 4.09. The van der Waals surface area contributed by atoms with Crippen molar-refractivity contribution in [3.63, 3.8) is 0 Å². The number of nitrogens with one attached hydrogen (secondary N) is 1. The Labute approximate surface area is 160 Å².